The number of nitrogens with one attached hydrogen (secondary N) is 2. The van der Waals surface area contributed by atoms with Gasteiger partial charge < -0.3 is 15.4 Å². The first-order valence-electron chi connectivity index (χ1n) is 8.05. The maximum Gasteiger partial charge on any atom is 0.251 e. The lowest BCUT2D eigenvalue weighted by Crippen LogP contribution is -2.41. The van der Waals surface area contributed by atoms with Gasteiger partial charge in [0.05, 0.1) is 13.2 Å². The van der Waals surface area contributed by atoms with Gasteiger partial charge in [0.1, 0.15) is 0 Å². The summed E-state index contributed by atoms with van der Waals surface area (Å²) in [5.74, 6) is -0.319. The Morgan fingerprint density at radius 2 is 1.83 bits per heavy atom. The fraction of sp³-hybridized carbons (Fsp3) is 0.529. The van der Waals surface area contributed by atoms with E-state index in [-0.39, 0.29) is 17.9 Å². The molecule has 2 N–H and O–H groups in total. The van der Waals surface area contributed by atoms with E-state index in [0.717, 1.165) is 32.8 Å². The molecule has 6 heteroatoms. The van der Waals surface area contributed by atoms with E-state index in [9.17, 15) is 9.59 Å². The lowest BCUT2D eigenvalue weighted by Gasteiger charge is -2.26. The lowest BCUT2D eigenvalue weighted by atomic mass is 10.1. The average molecular weight is 319 g/mol. The summed E-state index contributed by atoms with van der Waals surface area (Å²) in [6, 6.07) is 6.85. The molecule has 0 bridgehead atoms. The van der Waals surface area contributed by atoms with Crippen LogP contribution in [0, 0.1) is 0 Å². The van der Waals surface area contributed by atoms with Gasteiger partial charge in [-0.3, -0.25) is 14.5 Å². The highest BCUT2D eigenvalue weighted by atomic mass is 16.5. The van der Waals surface area contributed by atoms with Gasteiger partial charge in [0.2, 0.25) is 0 Å². The maximum absolute atomic E-state index is 12.2. The molecule has 1 aromatic rings. The van der Waals surface area contributed by atoms with E-state index in [1.54, 1.807) is 24.3 Å². The number of amides is 2. The first kappa shape index (κ1) is 17.4. The van der Waals surface area contributed by atoms with Gasteiger partial charge in [0.25, 0.3) is 11.8 Å². The zero-order chi connectivity index (χ0) is 16.7. The third kappa shape index (κ3) is 5.65. The molecule has 23 heavy (non-hydrogen) atoms. The molecule has 0 saturated carbocycles. The predicted octanol–water partition coefficient (Wildman–Crippen LogP) is 0.887. The Balaban J connectivity index is 1.85. The minimum absolute atomic E-state index is 0.0634. The van der Waals surface area contributed by atoms with Crippen molar-refractivity contribution >= 4 is 11.8 Å². The van der Waals surface area contributed by atoms with Gasteiger partial charge in [-0.15, -0.1) is 0 Å². The van der Waals surface area contributed by atoms with Crippen molar-refractivity contribution in [2.24, 2.45) is 0 Å². The van der Waals surface area contributed by atoms with Gasteiger partial charge in [-0.25, -0.2) is 0 Å². The molecule has 2 amide bonds. The second-order valence-corrected chi connectivity index (χ2v) is 5.92. The molecule has 0 spiro atoms. The number of hydrogen-bond donors (Lipinski definition) is 2. The zero-order valence-electron chi connectivity index (χ0n) is 13.8. The van der Waals surface area contributed by atoms with E-state index in [1.807, 2.05) is 13.8 Å². The van der Waals surface area contributed by atoms with Gasteiger partial charge in [-0.1, -0.05) is 6.07 Å². The van der Waals surface area contributed by atoms with Crippen molar-refractivity contribution in [3.8, 4) is 0 Å². The second kappa shape index (κ2) is 8.64. The summed E-state index contributed by atoms with van der Waals surface area (Å²) < 4.78 is 5.29. The molecule has 1 saturated heterocycles. The molecule has 126 valence electrons. The van der Waals surface area contributed by atoms with Crippen LogP contribution in [0.5, 0.6) is 0 Å². The highest BCUT2D eigenvalue weighted by Crippen LogP contribution is 2.06. The fourth-order valence-electron chi connectivity index (χ4n) is 2.40. The van der Waals surface area contributed by atoms with Gasteiger partial charge in [-0.05, 0) is 32.0 Å². The quantitative estimate of drug-likeness (QED) is 0.817. The van der Waals surface area contributed by atoms with Crippen molar-refractivity contribution in [1.82, 2.24) is 15.5 Å². The lowest BCUT2D eigenvalue weighted by molar-refractivity contribution is 0.0383. The molecule has 1 aliphatic rings. The van der Waals surface area contributed by atoms with Crippen molar-refractivity contribution in [2.45, 2.75) is 19.9 Å². The summed E-state index contributed by atoms with van der Waals surface area (Å²) in [7, 11) is 0. The summed E-state index contributed by atoms with van der Waals surface area (Å²) in [5.41, 5.74) is 1.00. The first-order valence-corrected chi connectivity index (χ1v) is 8.05. The Kier molecular flexibility index (Phi) is 6.55. The van der Waals surface area contributed by atoms with Crippen molar-refractivity contribution in [2.75, 3.05) is 39.4 Å². The van der Waals surface area contributed by atoms with E-state index < -0.39 is 0 Å². The van der Waals surface area contributed by atoms with Gasteiger partial charge in [-0.2, -0.15) is 0 Å². The highest BCUT2D eigenvalue weighted by Gasteiger charge is 2.13. The molecule has 2 rings (SSSR count). The number of benzene rings is 1. The van der Waals surface area contributed by atoms with E-state index in [2.05, 4.69) is 15.5 Å². The Morgan fingerprint density at radius 1 is 1.17 bits per heavy atom. The number of nitrogens with zero attached hydrogens (tertiary/aromatic N) is 1. The smallest absolute Gasteiger partial charge is 0.251 e. The number of morpholine rings is 1. The largest absolute Gasteiger partial charge is 0.379 e. The summed E-state index contributed by atoms with van der Waals surface area (Å²) in [5, 5.41) is 5.72. The minimum atomic E-state index is -0.164. The van der Waals surface area contributed by atoms with E-state index in [1.165, 1.54) is 0 Å². The predicted molar refractivity (Wildman–Crippen MR) is 88.6 cm³/mol. The second-order valence-electron chi connectivity index (χ2n) is 5.92. The monoisotopic (exact) mass is 319 g/mol. The standard InChI is InChI=1S/C17H25N3O3/c1-13(2)19-17(22)15-5-3-4-14(12-15)16(21)18-6-7-20-8-10-23-11-9-20/h3-5,12-13H,6-11H2,1-2H3,(H,18,21)(H,19,22). The molecule has 1 heterocycles. The molecular weight excluding hydrogens is 294 g/mol. The van der Waals surface area contributed by atoms with Gasteiger partial charge >= 0.3 is 0 Å². The summed E-state index contributed by atoms with van der Waals surface area (Å²) >= 11 is 0. The van der Waals surface area contributed by atoms with Gasteiger partial charge in [0, 0.05) is 43.3 Å². The van der Waals surface area contributed by atoms with E-state index in [0.29, 0.717) is 17.7 Å². The highest BCUT2D eigenvalue weighted by molar-refractivity contribution is 5.99. The summed E-state index contributed by atoms with van der Waals surface area (Å²) in [4.78, 5) is 26.4. The molecule has 0 unspecified atom stereocenters. The molecule has 0 atom stereocenters. The van der Waals surface area contributed by atoms with Crippen molar-refractivity contribution < 1.29 is 14.3 Å². The van der Waals surface area contributed by atoms with Crippen LogP contribution in [0.3, 0.4) is 0 Å². The number of ether oxygens (including phenoxy) is 1. The van der Waals surface area contributed by atoms with Crippen LogP contribution in [0.15, 0.2) is 24.3 Å². The van der Waals surface area contributed by atoms with E-state index in [4.69, 9.17) is 4.74 Å². The molecule has 1 aliphatic heterocycles. The summed E-state index contributed by atoms with van der Waals surface area (Å²) in [6.07, 6.45) is 0. The number of rotatable bonds is 6. The molecule has 0 radical (unpaired) electrons. The minimum Gasteiger partial charge on any atom is -0.379 e. The molecular formula is C17H25N3O3. The molecule has 0 aromatic heterocycles. The molecule has 0 aliphatic carbocycles. The number of carbonyl (C=O) groups is 2. The van der Waals surface area contributed by atoms with Crippen LogP contribution >= 0.6 is 0 Å². The van der Waals surface area contributed by atoms with Crippen molar-refractivity contribution in [3.63, 3.8) is 0 Å². The van der Waals surface area contributed by atoms with Crippen LogP contribution in [-0.2, 0) is 4.74 Å². The van der Waals surface area contributed by atoms with Crippen molar-refractivity contribution in [3.05, 3.63) is 35.4 Å². The zero-order valence-corrected chi connectivity index (χ0v) is 13.8. The van der Waals surface area contributed by atoms with Crippen LogP contribution in [0.1, 0.15) is 34.6 Å². The SMILES string of the molecule is CC(C)NC(=O)c1cccc(C(=O)NCCN2CCOCC2)c1. The third-order valence-corrected chi connectivity index (χ3v) is 3.62. The number of hydrogen-bond acceptors (Lipinski definition) is 4. The summed E-state index contributed by atoms with van der Waals surface area (Å²) in [6.45, 7) is 8.51. The van der Waals surface area contributed by atoms with E-state index >= 15 is 0 Å². The normalized spacial score (nSPS) is 15.4. The molecule has 1 aromatic carbocycles. The Morgan fingerprint density at radius 3 is 2.48 bits per heavy atom. The molecule has 1 fully saturated rings. The van der Waals surface area contributed by atoms with Crippen LogP contribution in [0.4, 0.5) is 0 Å². The maximum atomic E-state index is 12.2. The Hall–Kier alpha value is -1.92. The van der Waals surface area contributed by atoms with Gasteiger partial charge in [0.15, 0.2) is 0 Å². The van der Waals surface area contributed by atoms with Crippen LogP contribution in [0.25, 0.3) is 0 Å². The van der Waals surface area contributed by atoms with Crippen LogP contribution in [0.2, 0.25) is 0 Å². The number of carbonyl (C=O) groups excluding carboxylic acids is 2. The van der Waals surface area contributed by atoms with Crippen LogP contribution in [-0.4, -0.2) is 62.1 Å². The Bertz CT molecular complexity index is 540. The Labute approximate surface area is 137 Å². The third-order valence-electron chi connectivity index (χ3n) is 3.62. The molecule has 6 nitrogen and oxygen atoms in total. The fourth-order valence-corrected chi connectivity index (χ4v) is 2.40. The van der Waals surface area contributed by atoms with Crippen molar-refractivity contribution in [1.29, 1.82) is 0 Å². The topological polar surface area (TPSA) is 70.7 Å². The first-order chi connectivity index (χ1) is 11.1. The average Bonchev–Trinajstić information content (AvgIpc) is 2.55. The van der Waals surface area contributed by atoms with Crippen LogP contribution < -0.4 is 10.6 Å².